The number of nitrogens with zero attached hydrogens (tertiary/aromatic N) is 1. The van der Waals surface area contributed by atoms with Gasteiger partial charge in [-0.1, -0.05) is 244 Å². The van der Waals surface area contributed by atoms with Crippen molar-refractivity contribution in [3.8, 4) is 0 Å². The van der Waals surface area contributed by atoms with Crippen LogP contribution in [0, 0.1) is 0 Å². The molecule has 0 aromatic heterocycles. The van der Waals surface area contributed by atoms with E-state index in [0.29, 0.717) is 17.4 Å². The van der Waals surface area contributed by atoms with E-state index in [4.69, 9.17) is 18.9 Å². The fourth-order valence-electron chi connectivity index (χ4n) is 8.45. The van der Waals surface area contributed by atoms with E-state index in [1.54, 1.807) is 0 Å². The van der Waals surface area contributed by atoms with Gasteiger partial charge < -0.3 is 33.3 Å². The van der Waals surface area contributed by atoms with Crippen LogP contribution >= 0.6 is 0 Å². The van der Waals surface area contributed by atoms with Gasteiger partial charge in [-0.05, 0) is 44.9 Å². The summed E-state index contributed by atoms with van der Waals surface area (Å²) in [6, 6.07) is 0. The van der Waals surface area contributed by atoms with Gasteiger partial charge >= 0.3 is 11.9 Å². The molecular formula is C59H111NO8. The first-order valence-corrected chi connectivity index (χ1v) is 29.0. The third-order valence-corrected chi connectivity index (χ3v) is 13.0. The summed E-state index contributed by atoms with van der Waals surface area (Å²) in [4.78, 5) is 37.2. The van der Waals surface area contributed by atoms with Gasteiger partial charge in [-0.15, -0.1) is 0 Å². The standard InChI is InChI=1S/C59H111NO8/c1-6-8-10-12-14-16-18-20-22-24-25-26-27-28-29-30-31-32-33-34-36-38-40-42-44-46-48-50-57(62)68-55(54-67-59(58(63)64)65-52-51-60(3,4)5)53-66-56(61)49-47-45-43-41-39-37-35-23-21-19-17-15-13-11-9-7-2/h18,20,24-25,55,59H,6-17,19,21-23,26-54H2,1-5H3/b20-18-,25-24-. The lowest BCUT2D eigenvalue weighted by atomic mass is 10.0. The minimum absolute atomic E-state index is 0.151. The van der Waals surface area contributed by atoms with Crippen molar-refractivity contribution in [1.29, 1.82) is 0 Å². The zero-order valence-corrected chi connectivity index (χ0v) is 45.5. The van der Waals surface area contributed by atoms with E-state index in [0.717, 1.165) is 44.9 Å². The molecule has 0 fully saturated rings. The number of allylic oxidation sites excluding steroid dienone is 4. The Morgan fingerprint density at radius 3 is 1.16 bits per heavy atom. The largest absolute Gasteiger partial charge is 0.545 e. The number of carbonyl (C=O) groups is 3. The second-order valence-electron chi connectivity index (χ2n) is 20.9. The Bertz CT molecular complexity index is 1170. The van der Waals surface area contributed by atoms with E-state index in [9.17, 15) is 19.5 Å². The quantitative estimate of drug-likeness (QED) is 0.0195. The predicted octanol–water partition coefficient (Wildman–Crippen LogP) is 15.4. The highest BCUT2D eigenvalue weighted by atomic mass is 16.7. The van der Waals surface area contributed by atoms with Crippen molar-refractivity contribution in [2.24, 2.45) is 0 Å². The van der Waals surface area contributed by atoms with Crippen LogP contribution < -0.4 is 5.11 Å². The summed E-state index contributed by atoms with van der Waals surface area (Å²) in [5.41, 5.74) is 0. The lowest BCUT2D eigenvalue weighted by Gasteiger charge is -2.26. The summed E-state index contributed by atoms with van der Waals surface area (Å²) >= 11 is 0. The Kier molecular flexibility index (Phi) is 49.5. The number of rotatable bonds is 54. The van der Waals surface area contributed by atoms with Gasteiger partial charge in [0, 0.05) is 12.8 Å². The first-order valence-electron chi connectivity index (χ1n) is 29.0. The first kappa shape index (κ1) is 65.8. The van der Waals surface area contributed by atoms with E-state index >= 15 is 0 Å². The summed E-state index contributed by atoms with van der Waals surface area (Å²) in [6.45, 7) is 4.78. The van der Waals surface area contributed by atoms with Crippen LogP contribution in [0.5, 0.6) is 0 Å². The number of ether oxygens (including phenoxy) is 4. The maximum absolute atomic E-state index is 12.9. The average molecular weight is 963 g/mol. The smallest absolute Gasteiger partial charge is 0.306 e. The number of hydrogen-bond acceptors (Lipinski definition) is 8. The minimum atomic E-state index is -1.62. The Morgan fingerprint density at radius 2 is 0.794 bits per heavy atom. The normalized spacial score (nSPS) is 12.9. The maximum Gasteiger partial charge on any atom is 0.306 e. The molecular weight excluding hydrogens is 851 g/mol. The summed E-state index contributed by atoms with van der Waals surface area (Å²) in [7, 11) is 5.93. The molecule has 0 aromatic carbocycles. The van der Waals surface area contributed by atoms with Crippen LogP contribution in [0.15, 0.2) is 24.3 Å². The molecule has 9 nitrogen and oxygen atoms in total. The van der Waals surface area contributed by atoms with Crippen LogP contribution in [0.25, 0.3) is 0 Å². The molecule has 0 saturated heterocycles. The molecule has 0 radical (unpaired) electrons. The van der Waals surface area contributed by atoms with Gasteiger partial charge in [-0.25, -0.2) is 0 Å². The van der Waals surface area contributed by atoms with Crippen molar-refractivity contribution in [3.63, 3.8) is 0 Å². The second kappa shape index (κ2) is 51.1. The molecule has 0 heterocycles. The molecule has 2 unspecified atom stereocenters. The van der Waals surface area contributed by atoms with Gasteiger partial charge in [0.05, 0.1) is 40.3 Å². The molecule has 400 valence electrons. The van der Waals surface area contributed by atoms with E-state index < -0.39 is 24.3 Å². The highest BCUT2D eigenvalue weighted by molar-refractivity contribution is 5.70. The number of hydrogen-bond donors (Lipinski definition) is 0. The molecule has 2 atom stereocenters. The highest BCUT2D eigenvalue weighted by Gasteiger charge is 2.22. The van der Waals surface area contributed by atoms with Crippen LogP contribution in [0.4, 0.5) is 0 Å². The van der Waals surface area contributed by atoms with Crippen LogP contribution in [0.1, 0.15) is 277 Å². The van der Waals surface area contributed by atoms with Crippen LogP contribution in [0.3, 0.4) is 0 Å². The summed E-state index contributed by atoms with van der Waals surface area (Å²) in [5.74, 6) is -2.26. The molecule has 0 saturated carbocycles. The molecule has 0 rings (SSSR count). The zero-order chi connectivity index (χ0) is 49.9. The molecule has 0 N–H and O–H groups in total. The summed E-state index contributed by atoms with van der Waals surface area (Å²) in [6.07, 6.45) is 56.5. The first-order chi connectivity index (χ1) is 33.1. The molecule has 0 aliphatic carbocycles. The lowest BCUT2D eigenvalue weighted by molar-refractivity contribution is -0.870. The molecule has 0 amide bonds. The summed E-state index contributed by atoms with van der Waals surface area (Å²) < 4.78 is 22.7. The van der Waals surface area contributed by atoms with Crippen molar-refractivity contribution in [1.82, 2.24) is 0 Å². The van der Waals surface area contributed by atoms with Crippen molar-refractivity contribution in [3.05, 3.63) is 24.3 Å². The monoisotopic (exact) mass is 962 g/mol. The van der Waals surface area contributed by atoms with Crippen molar-refractivity contribution in [2.45, 2.75) is 289 Å². The van der Waals surface area contributed by atoms with E-state index in [-0.39, 0.29) is 32.2 Å². The topological polar surface area (TPSA) is 111 Å². The molecule has 9 heteroatoms. The predicted molar refractivity (Wildman–Crippen MR) is 283 cm³/mol. The molecule has 0 spiro atoms. The molecule has 0 bridgehead atoms. The van der Waals surface area contributed by atoms with Crippen molar-refractivity contribution >= 4 is 17.9 Å². The fourth-order valence-corrected chi connectivity index (χ4v) is 8.45. The van der Waals surface area contributed by atoms with E-state index in [1.807, 2.05) is 21.1 Å². The lowest BCUT2D eigenvalue weighted by Crippen LogP contribution is -2.44. The minimum Gasteiger partial charge on any atom is -0.545 e. The Hall–Kier alpha value is -2.23. The van der Waals surface area contributed by atoms with Crippen molar-refractivity contribution in [2.75, 3.05) is 47.5 Å². The van der Waals surface area contributed by atoms with Gasteiger partial charge in [0.25, 0.3) is 0 Å². The number of aliphatic carboxylic acids is 1. The van der Waals surface area contributed by atoms with Gasteiger partial charge in [0.15, 0.2) is 12.4 Å². The van der Waals surface area contributed by atoms with Gasteiger partial charge in [-0.2, -0.15) is 0 Å². The Morgan fingerprint density at radius 1 is 0.441 bits per heavy atom. The third-order valence-electron chi connectivity index (χ3n) is 13.0. The zero-order valence-electron chi connectivity index (χ0n) is 45.5. The van der Waals surface area contributed by atoms with E-state index in [2.05, 4.69) is 38.2 Å². The summed E-state index contributed by atoms with van der Waals surface area (Å²) in [5, 5.41) is 11.8. The number of unbranched alkanes of at least 4 members (excludes halogenated alkanes) is 35. The highest BCUT2D eigenvalue weighted by Crippen LogP contribution is 2.17. The van der Waals surface area contributed by atoms with Crippen LogP contribution in [0.2, 0.25) is 0 Å². The molecule has 0 aliphatic heterocycles. The van der Waals surface area contributed by atoms with Crippen LogP contribution in [-0.2, 0) is 33.3 Å². The van der Waals surface area contributed by atoms with Crippen molar-refractivity contribution < 1.29 is 42.9 Å². The number of esters is 2. The second-order valence-corrected chi connectivity index (χ2v) is 20.9. The molecule has 68 heavy (non-hydrogen) atoms. The van der Waals surface area contributed by atoms with Crippen LogP contribution in [-0.4, -0.2) is 82.3 Å². The number of carboxylic acid groups (broad SMARTS) is 1. The third kappa shape index (κ3) is 51.6. The van der Waals surface area contributed by atoms with Gasteiger partial charge in [-0.3, -0.25) is 9.59 Å². The SMILES string of the molecule is CCCCCCC/C=C\C/C=C\CCCCCCCCCCCCCCCCCC(=O)OC(COC(=O)CCCCCCCCCCCCCCCCCC)COC(OCC[N+](C)(C)C)C(=O)[O-]. The Labute approximate surface area is 420 Å². The van der Waals surface area contributed by atoms with Gasteiger partial charge in [0.1, 0.15) is 13.2 Å². The Balaban J connectivity index is 4.17. The number of quaternary nitrogens is 1. The van der Waals surface area contributed by atoms with Gasteiger partial charge in [0.2, 0.25) is 0 Å². The fraction of sp³-hybridized carbons (Fsp3) is 0.881. The van der Waals surface area contributed by atoms with E-state index in [1.165, 1.54) is 205 Å². The number of carbonyl (C=O) groups excluding carboxylic acids is 3. The number of likely N-dealkylation sites (N-methyl/N-ethyl adjacent to an activating group) is 1. The maximum atomic E-state index is 12.9. The molecule has 0 aliphatic rings. The molecule has 0 aromatic rings. The average Bonchev–Trinajstić information content (AvgIpc) is 3.30. The number of carboxylic acids is 1.